The Hall–Kier alpha value is -0.120. The normalized spacial score (nSPS) is 24.6. The molecule has 1 aliphatic rings. The Balaban J connectivity index is 2.16. The fourth-order valence-electron chi connectivity index (χ4n) is 2.27. The number of hydrogen-bond donors (Lipinski definition) is 1. The van der Waals surface area contributed by atoms with Crippen molar-refractivity contribution >= 4 is 0 Å². The van der Waals surface area contributed by atoms with Crippen LogP contribution in [0.25, 0.3) is 0 Å². The summed E-state index contributed by atoms with van der Waals surface area (Å²) < 4.78 is 5.70. The molecule has 1 aliphatic heterocycles. The third-order valence-electron chi connectivity index (χ3n) is 3.47. The number of nitrogens with one attached hydrogen (secondary N) is 1. The van der Waals surface area contributed by atoms with Gasteiger partial charge in [0.1, 0.15) is 0 Å². The Morgan fingerprint density at radius 2 is 2.25 bits per heavy atom. The van der Waals surface area contributed by atoms with Crippen LogP contribution in [0.4, 0.5) is 0 Å². The summed E-state index contributed by atoms with van der Waals surface area (Å²) in [4.78, 5) is 2.59. The molecule has 0 aromatic carbocycles. The Bertz CT molecular complexity index is 175. The van der Waals surface area contributed by atoms with Gasteiger partial charge in [0, 0.05) is 19.1 Å². The molecule has 1 saturated heterocycles. The monoisotopic (exact) mass is 228 g/mol. The summed E-state index contributed by atoms with van der Waals surface area (Å²) in [6.07, 6.45) is 4.18. The Labute approximate surface area is 101 Å². The predicted molar refractivity (Wildman–Crippen MR) is 68.8 cm³/mol. The van der Waals surface area contributed by atoms with Gasteiger partial charge in [-0.2, -0.15) is 0 Å². The van der Waals surface area contributed by atoms with E-state index in [1.54, 1.807) is 0 Å². The second-order valence-corrected chi connectivity index (χ2v) is 4.74. The summed E-state index contributed by atoms with van der Waals surface area (Å²) in [7, 11) is 0. The summed E-state index contributed by atoms with van der Waals surface area (Å²) >= 11 is 0. The molecule has 96 valence electrons. The van der Waals surface area contributed by atoms with Crippen molar-refractivity contribution in [2.75, 3.05) is 32.8 Å². The minimum absolute atomic E-state index is 0.463. The third kappa shape index (κ3) is 4.81. The summed E-state index contributed by atoms with van der Waals surface area (Å²) in [6.45, 7) is 12.1. The number of nitrogens with zero attached hydrogens (tertiary/aromatic N) is 1. The summed E-state index contributed by atoms with van der Waals surface area (Å²) in [5.41, 5.74) is 0. The topological polar surface area (TPSA) is 24.5 Å². The maximum absolute atomic E-state index is 5.70. The highest BCUT2D eigenvalue weighted by Crippen LogP contribution is 2.14. The molecule has 3 heteroatoms. The van der Waals surface area contributed by atoms with Crippen molar-refractivity contribution in [3.63, 3.8) is 0 Å². The van der Waals surface area contributed by atoms with Crippen molar-refractivity contribution in [1.29, 1.82) is 0 Å². The van der Waals surface area contributed by atoms with Crippen LogP contribution >= 0.6 is 0 Å². The van der Waals surface area contributed by atoms with Crippen LogP contribution in [0.15, 0.2) is 0 Å². The highest BCUT2D eigenvalue weighted by Gasteiger charge is 2.22. The van der Waals surface area contributed by atoms with Crippen LogP contribution in [0.1, 0.15) is 40.0 Å². The first-order chi connectivity index (χ1) is 7.77. The van der Waals surface area contributed by atoms with E-state index in [1.807, 2.05) is 0 Å². The Morgan fingerprint density at radius 1 is 1.44 bits per heavy atom. The molecule has 0 saturated carbocycles. The predicted octanol–water partition coefficient (Wildman–Crippen LogP) is 1.88. The second kappa shape index (κ2) is 8.04. The van der Waals surface area contributed by atoms with E-state index < -0.39 is 0 Å². The molecule has 0 radical (unpaired) electrons. The molecule has 1 N–H and O–H groups in total. The molecular weight excluding hydrogens is 200 g/mol. The first-order valence-corrected chi connectivity index (χ1v) is 6.84. The number of hydrogen-bond acceptors (Lipinski definition) is 3. The largest absolute Gasteiger partial charge is 0.376 e. The van der Waals surface area contributed by atoms with Crippen LogP contribution in [0.5, 0.6) is 0 Å². The van der Waals surface area contributed by atoms with Crippen LogP contribution in [0.2, 0.25) is 0 Å². The smallest absolute Gasteiger partial charge is 0.0700 e. The van der Waals surface area contributed by atoms with E-state index in [1.165, 1.54) is 12.8 Å². The molecule has 16 heavy (non-hydrogen) atoms. The van der Waals surface area contributed by atoms with Crippen LogP contribution in [-0.2, 0) is 4.74 Å². The van der Waals surface area contributed by atoms with Crippen molar-refractivity contribution in [2.45, 2.75) is 52.2 Å². The van der Waals surface area contributed by atoms with Crippen molar-refractivity contribution in [1.82, 2.24) is 10.2 Å². The summed E-state index contributed by atoms with van der Waals surface area (Å²) in [5.74, 6) is 0. The molecule has 3 nitrogen and oxygen atoms in total. The molecule has 0 spiro atoms. The average molecular weight is 228 g/mol. The molecule has 0 bridgehead atoms. The molecule has 1 fully saturated rings. The van der Waals surface area contributed by atoms with Gasteiger partial charge in [0.25, 0.3) is 0 Å². The maximum Gasteiger partial charge on any atom is 0.0700 e. The number of rotatable bonds is 7. The van der Waals surface area contributed by atoms with Crippen LogP contribution < -0.4 is 5.32 Å². The van der Waals surface area contributed by atoms with Gasteiger partial charge in [0.05, 0.1) is 12.7 Å². The molecule has 1 heterocycles. The zero-order chi connectivity index (χ0) is 11.8. The lowest BCUT2D eigenvalue weighted by atomic mass is 10.1. The lowest BCUT2D eigenvalue weighted by Crippen LogP contribution is -2.46. The van der Waals surface area contributed by atoms with Crippen molar-refractivity contribution < 1.29 is 4.74 Å². The van der Waals surface area contributed by atoms with E-state index in [-0.39, 0.29) is 0 Å². The van der Waals surface area contributed by atoms with E-state index in [9.17, 15) is 0 Å². The fourth-order valence-corrected chi connectivity index (χ4v) is 2.27. The lowest BCUT2D eigenvalue weighted by Gasteiger charge is -2.36. The first-order valence-electron chi connectivity index (χ1n) is 6.84. The SMILES string of the molecule is CCNCCCC(C)N1CCOC(CC)C1. The molecule has 0 aromatic heterocycles. The minimum Gasteiger partial charge on any atom is -0.376 e. The molecule has 0 amide bonds. The quantitative estimate of drug-likeness (QED) is 0.673. The molecule has 0 aromatic rings. The highest BCUT2D eigenvalue weighted by atomic mass is 16.5. The summed E-state index contributed by atoms with van der Waals surface area (Å²) in [6, 6.07) is 0.705. The Kier molecular flexibility index (Phi) is 7.01. The van der Waals surface area contributed by atoms with Gasteiger partial charge in [-0.25, -0.2) is 0 Å². The van der Waals surface area contributed by atoms with Crippen molar-refractivity contribution in [2.24, 2.45) is 0 Å². The van der Waals surface area contributed by atoms with Gasteiger partial charge in [0.15, 0.2) is 0 Å². The summed E-state index contributed by atoms with van der Waals surface area (Å²) in [5, 5.41) is 3.38. The van der Waals surface area contributed by atoms with Crippen LogP contribution in [-0.4, -0.2) is 49.8 Å². The van der Waals surface area contributed by atoms with Gasteiger partial charge < -0.3 is 10.1 Å². The molecule has 1 rings (SSSR count). The van der Waals surface area contributed by atoms with E-state index in [4.69, 9.17) is 4.74 Å². The van der Waals surface area contributed by atoms with Gasteiger partial charge >= 0.3 is 0 Å². The van der Waals surface area contributed by atoms with E-state index in [0.29, 0.717) is 12.1 Å². The van der Waals surface area contributed by atoms with Gasteiger partial charge in [-0.3, -0.25) is 4.90 Å². The van der Waals surface area contributed by atoms with Crippen LogP contribution in [0.3, 0.4) is 0 Å². The average Bonchev–Trinajstić information content (AvgIpc) is 2.34. The number of morpholine rings is 1. The van der Waals surface area contributed by atoms with E-state index in [0.717, 1.165) is 39.2 Å². The molecule has 2 unspecified atom stereocenters. The van der Waals surface area contributed by atoms with Gasteiger partial charge in [-0.1, -0.05) is 13.8 Å². The molecular formula is C13H28N2O. The van der Waals surface area contributed by atoms with Crippen molar-refractivity contribution in [3.8, 4) is 0 Å². The first kappa shape index (κ1) is 13.9. The van der Waals surface area contributed by atoms with Gasteiger partial charge in [-0.15, -0.1) is 0 Å². The van der Waals surface area contributed by atoms with Crippen molar-refractivity contribution in [3.05, 3.63) is 0 Å². The lowest BCUT2D eigenvalue weighted by molar-refractivity contribution is -0.0431. The second-order valence-electron chi connectivity index (χ2n) is 4.74. The maximum atomic E-state index is 5.70. The fraction of sp³-hybridized carbons (Fsp3) is 1.00. The van der Waals surface area contributed by atoms with E-state index in [2.05, 4.69) is 31.0 Å². The Morgan fingerprint density at radius 3 is 2.94 bits per heavy atom. The molecule has 2 atom stereocenters. The molecule has 0 aliphatic carbocycles. The highest BCUT2D eigenvalue weighted by molar-refractivity contribution is 4.75. The minimum atomic E-state index is 0.463. The number of ether oxygens (including phenoxy) is 1. The van der Waals surface area contributed by atoms with Gasteiger partial charge in [-0.05, 0) is 39.3 Å². The zero-order valence-electron chi connectivity index (χ0n) is 11.2. The third-order valence-corrected chi connectivity index (χ3v) is 3.47. The van der Waals surface area contributed by atoms with E-state index >= 15 is 0 Å². The van der Waals surface area contributed by atoms with Gasteiger partial charge in [0.2, 0.25) is 0 Å². The standard InChI is InChI=1S/C13H28N2O/c1-4-13-11-15(9-10-16-13)12(3)7-6-8-14-5-2/h12-14H,4-11H2,1-3H3. The van der Waals surface area contributed by atoms with Crippen LogP contribution in [0, 0.1) is 0 Å². The zero-order valence-corrected chi connectivity index (χ0v) is 11.2.